The predicted octanol–water partition coefficient (Wildman–Crippen LogP) is 1.99. The molecule has 0 N–H and O–H groups in total. The summed E-state index contributed by atoms with van der Waals surface area (Å²) in [5, 5.41) is 12.2. The zero-order valence-corrected chi connectivity index (χ0v) is 19.3. The first-order valence-corrected chi connectivity index (χ1v) is 10.2. The molecule has 1 aliphatic heterocycles. The van der Waals surface area contributed by atoms with Gasteiger partial charge >= 0.3 is 29.6 Å². The molecule has 1 aromatic heterocycles. The van der Waals surface area contributed by atoms with Crippen molar-refractivity contribution >= 4 is 28.6 Å². The Morgan fingerprint density at radius 1 is 1.07 bits per heavy atom. The molecule has 0 saturated carbocycles. The maximum absolute atomic E-state index is 13.7. The van der Waals surface area contributed by atoms with Crippen LogP contribution >= 0.6 is 11.8 Å². The molecule has 2 heterocycles. The molecule has 5 rings (SSSR count). The third-order valence-corrected chi connectivity index (χ3v) is 6.33. The zero-order chi connectivity index (χ0) is 20.1. The smallest absolute Gasteiger partial charge is 0.545 e. The number of aromatic nitrogens is 1. The molecule has 3 nitrogen and oxygen atoms in total. The largest absolute Gasteiger partial charge is 1.00 e. The number of rotatable bonds is 2. The minimum absolute atomic E-state index is 0. The molecular formula is C24H15FNNaO2S. The Bertz CT molecular complexity index is 1320. The molecule has 0 atom stereocenters. The number of nitrogens with zero attached hydrogens (tertiary/aromatic N) is 1. The number of pyridine rings is 1. The van der Waals surface area contributed by atoms with Gasteiger partial charge in [-0.2, -0.15) is 0 Å². The van der Waals surface area contributed by atoms with Crippen molar-refractivity contribution in [2.24, 2.45) is 0 Å². The van der Waals surface area contributed by atoms with E-state index in [9.17, 15) is 14.3 Å². The average molecular weight is 423 g/mol. The summed E-state index contributed by atoms with van der Waals surface area (Å²) in [7, 11) is 0. The SMILES string of the molecule is Cc1cccc(-c2ccc3c(c2)CSc2c-3nc3ccc(F)cc3c2C(=O)[O-])c1.[Na+]. The normalized spacial score (nSPS) is 12.1. The Hall–Kier alpha value is -2.18. The molecule has 0 spiro atoms. The van der Waals surface area contributed by atoms with Crippen molar-refractivity contribution in [3.05, 3.63) is 83.2 Å². The fourth-order valence-corrected chi connectivity index (χ4v) is 5.01. The summed E-state index contributed by atoms with van der Waals surface area (Å²) in [4.78, 5) is 17.1. The van der Waals surface area contributed by atoms with Gasteiger partial charge in [-0.15, -0.1) is 11.8 Å². The zero-order valence-electron chi connectivity index (χ0n) is 16.5. The van der Waals surface area contributed by atoms with Crippen molar-refractivity contribution < 1.29 is 43.8 Å². The summed E-state index contributed by atoms with van der Waals surface area (Å²) in [6, 6.07) is 18.5. The third kappa shape index (κ3) is 3.56. The molecule has 0 saturated heterocycles. The van der Waals surface area contributed by atoms with Gasteiger partial charge < -0.3 is 9.90 Å². The second-order valence-electron chi connectivity index (χ2n) is 7.14. The van der Waals surface area contributed by atoms with Crippen LogP contribution in [0.25, 0.3) is 33.3 Å². The quantitative estimate of drug-likeness (QED) is 0.463. The first kappa shape index (κ1) is 21.1. The van der Waals surface area contributed by atoms with Crippen LogP contribution in [0.4, 0.5) is 4.39 Å². The number of thioether (sulfide) groups is 1. The van der Waals surface area contributed by atoms with Crippen LogP contribution in [0.3, 0.4) is 0 Å². The van der Waals surface area contributed by atoms with E-state index in [1.54, 1.807) is 0 Å². The number of benzene rings is 3. The number of fused-ring (bicyclic) bond motifs is 4. The van der Waals surface area contributed by atoms with Crippen LogP contribution < -0.4 is 34.7 Å². The van der Waals surface area contributed by atoms with Crippen molar-refractivity contribution in [1.29, 1.82) is 0 Å². The molecule has 4 aromatic rings. The molecule has 6 heteroatoms. The number of halogens is 1. The molecule has 0 amide bonds. The summed E-state index contributed by atoms with van der Waals surface area (Å²) in [6.45, 7) is 2.06. The Balaban J connectivity index is 0.00000218. The maximum Gasteiger partial charge on any atom is 1.00 e. The van der Waals surface area contributed by atoms with Crippen LogP contribution in [0.2, 0.25) is 0 Å². The molecule has 0 unspecified atom stereocenters. The number of hydrogen-bond acceptors (Lipinski definition) is 4. The number of aryl methyl sites for hydroxylation is 1. The molecular weight excluding hydrogens is 408 g/mol. The van der Waals surface area contributed by atoms with E-state index in [1.807, 2.05) is 18.2 Å². The van der Waals surface area contributed by atoms with E-state index in [1.165, 1.54) is 35.5 Å². The molecule has 3 aromatic carbocycles. The Morgan fingerprint density at radius 3 is 2.63 bits per heavy atom. The molecule has 0 fully saturated rings. The summed E-state index contributed by atoms with van der Waals surface area (Å²) >= 11 is 1.41. The number of aromatic carboxylic acids is 1. The summed E-state index contributed by atoms with van der Waals surface area (Å²) < 4.78 is 13.7. The summed E-state index contributed by atoms with van der Waals surface area (Å²) in [5.41, 5.74) is 6.52. The fourth-order valence-electron chi connectivity index (χ4n) is 3.84. The second kappa shape index (κ2) is 8.16. The number of carboxylic acids is 1. The molecule has 1 aliphatic rings. The minimum atomic E-state index is -1.31. The van der Waals surface area contributed by atoms with Crippen LogP contribution in [0.15, 0.2) is 65.6 Å². The third-order valence-electron chi connectivity index (χ3n) is 5.19. The van der Waals surface area contributed by atoms with E-state index in [2.05, 4.69) is 36.2 Å². The molecule has 0 aliphatic carbocycles. The van der Waals surface area contributed by atoms with Crippen molar-refractivity contribution in [3.8, 4) is 22.4 Å². The summed E-state index contributed by atoms with van der Waals surface area (Å²) in [5.74, 6) is -1.19. The number of carbonyl (C=O) groups excluding carboxylic acids is 1. The standard InChI is InChI=1S/C24H16FNO2S.Na/c1-13-3-2-4-14(9-13)15-5-7-18-16(10-15)12-29-23-21(24(27)28)19-11-17(25)6-8-20(19)26-22(18)23;/h2-11H,12H2,1H3,(H,27,28);/q;+1/p-1. The van der Waals surface area contributed by atoms with Gasteiger partial charge in [0.15, 0.2) is 0 Å². The van der Waals surface area contributed by atoms with E-state index in [0.717, 1.165) is 22.3 Å². The van der Waals surface area contributed by atoms with Crippen molar-refractivity contribution in [1.82, 2.24) is 4.98 Å². The van der Waals surface area contributed by atoms with E-state index >= 15 is 0 Å². The number of carboxylic acid groups (broad SMARTS) is 1. The number of carbonyl (C=O) groups is 1. The fraction of sp³-hybridized carbons (Fsp3) is 0.0833. The van der Waals surface area contributed by atoms with Crippen LogP contribution in [0.1, 0.15) is 21.5 Å². The monoisotopic (exact) mass is 423 g/mol. The predicted molar refractivity (Wildman–Crippen MR) is 111 cm³/mol. The summed E-state index contributed by atoms with van der Waals surface area (Å²) in [6.07, 6.45) is 0. The first-order valence-electron chi connectivity index (χ1n) is 9.19. The Morgan fingerprint density at radius 2 is 1.87 bits per heavy atom. The molecule has 30 heavy (non-hydrogen) atoms. The van der Waals surface area contributed by atoms with Crippen LogP contribution in [0.5, 0.6) is 0 Å². The van der Waals surface area contributed by atoms with Gasteiger partial charge in [-0.1, -0.05) is 42.0 Å². The van der Waals surface area contributed by atoms with Gasteiger partial charge in [-0.25, -0.2) is 9.37 Å². The van der Waals surface area contributed by atoms with E-state index in [-0.39, 0.29) is 40.5 Å². The first-order chi connectivity index (χ1) is 14.0. The van der Waals surface area contributed by atoms with Crippen LogP contribution in [0, 0.1) is 12.7 Å². The van der Waals surface area contributed by atoms with Crippen LogP contribution in [-0.2, 0) is 5.75 Å². The molecule has 0 bridgehead atoms. The van der Waals surface area contributed by atoms with Gasteiger partial charge in [0.2, 0.25) is 0 Å². The van der Waals surface area contributed by atoms with Crippen LogP contribution in [-0.4, -0.2) is 11.0 Å². The maximum atomic E-state index is 13.7. The average Bonchev–Trinajstić information content (AvgIpc) is 2.71. The van der Waals surface area contributed by atoms with E-state index < -0.39 is 11.8 Å². The van der Waals surface area contributed by atoms with Gasteiger partial charge in [-0.05, 0) is 47.9 Å². The van der Waals surface area contributed by atoms with Gasteiger partial charge in [-0.3, -0.25) is 0 Å². The molecule has 0 radical (unpaired) electrons. The Kier molecular flexibility index (Phi) is 5.73. The van der Waals surface area contributed by atoms with Crippen molar-refractivity contribution in [2.75, 3.05) is 0 Å². The minimum Gasteiger partial charge on any atom is -0.545 e. The topological polar surface area (TPSA) is 53.0 Å². The molecule has 142 valence electrons. The van der Waals surface area contributed by atoms with E-state index in [4.69, 9.17) is 0 Å². The van der Waals surface area contributed by atoms with E-state index in [0.29, 0.717) is 21.9 Å². The second-order valence-corrected chi connectivity index (χ2v) is 8.13. The van der Waals surface area contributed by atoms with Gasteiger partial charge in [0.25, 0.3) is 0 Å². The van der Waals surface area contributed by atoms with Gasteiger partial charge in [0.05, 0.1) is 17.2 Å². The van der Waals surface area contributed by atoms with Gasteiger partial charge in [0.1, 0.15) is 5.82 Å². The number of hydrogen-bond donors (Lipinski definition) is 0. The van der Waals surface area contributed by atoms with Gasteiger partial charge in [0, 0.05) is 27.2 Å². The van der Waals surface area contributed by atoms with Crippen molar-refractivity contribution in [2.45, 2.75) is 17.6 Å². The van der Waals surface area contributed by atoms with Crippen molar-refractivity contribution in [3.63, 3.8) is 0 Å². The Labute approximate surface area is 199 Å².